The normalized spacial score (nSPS) is 30.9. The smallest absolute Gasteiger partial charge is 0.159 e. The summed E-state index contributed by atoms with van der Waals surface area (Å²) in [6, 6.07) is 2.79. The quantitative estimate of drug-likeness (QED) is 0.833. The number of H-pyrrole nitrogens is 1. The number of morpholine rings is 1. The van der Waals surface area contributed by atoms with Crippen LogP contribution in [0.15, 0.2) is 12.3 Å². The van der Waals surface area contributed by atoms with Gasteiger partial charge in [-0.1, -0.05) is 0 Å². The van der Waals surface area contributed by atoms with E-state index in [0.29, 0.717) is 18.6 Å². The lowest BCUT2D eigenvalue weighted by atomic mass is 10.2. The highest BCUT2D eigenvalue weighted by atomic mass is 32.2. The van der Waals surface area contributed by atoms with Crippen LogP contribution in [0.25, 0.3) is 11.0 Å². The second-order valence-electron chi connectivity index (χ2n) is 7.62. The third-order valence-corrected chi connectivity index (χ3v) is 7.67. The molecule has 3 fully saturated rings. The number of aromatic nitrogens is 3. The molecule has 2 aromatic heterocycles. The first-order valence-corrected chi connectivity index (χ1v) is 11.0. The zero-order valence-electron chi connectivity index (χ0n) is 14.8. The number of hydrogen-bond acceptors (Lipinski definition) is 7. The summed E-state index contributed by atoms with van der Waals surface area (Å²) in [5, 5.41) is 8.12. The van der Waals surface area contributed by atoms with Gasteiger partial charge in [0.15, 0.2) is 15.5 Å². The molecule has 3 atom stereocenters. The minimum atomic E-state index is -2.96. The number of pyridine rings is 1. The van der Waals surface area contributed by atoms with E-state index in [-0.39, 0.29) is 17.5 Å². The number of fused-ring (bicyclic) bond motifs is 3. The Morgan fingerprint density at radius 3 is 2.77 bits per heavy atom. The van der Waals surface area contributed by atoms with Gasteiger partial charge in [-0.2, -0.15) is 5.10 Å². The van der Waals surface area contributed by atoms with Gasteiger partial charge in [0, 0.05) is 18.7 Å². The SMILES string of the molecule is CC1CS(=O)(=O)CCN1c1cc(N2C3CCC2COC3)nc2[nH]ncc12. The van der Waals surface area contributed by atoms with Crippen LogP contribution in [0.5, 0.6) is 0 Å². The van der Waals surface area contributed by atoms with E-state index in [9.17, 15) is 8.42 Å². The molecule has 0 radical (unpaired) electrons. The van der Waals surface area contributed by atoms with Crippen LogP contribution < -0.4 is 9.80 Å². The Bertz CT molecular complexity index is 927. The number of nitrogens with zero attached hydrogens (tertiary/aromatic N) is 4. The van der Waals surface area contributed by atoms with Crippen LogP contribution in [0, 0.1) is 0 Å². The highest BCUT2D eigenvalue weighted by Crippen LogP contribution is 2.37. The van der Waals surface area contributed by atoms with Crippen LogP contribution in [0.4, 0.5) is 11.5 Å². The summed E-state index contributed by atoms with van der Waals surface area (Å²) in [4.78, 5) is 9.39. The number of aromatic amines is 1. The second-order valence-corrected chi connectivity index (χ2v) is 9.85. The first-order chi connectivity index (χ1) is 12.5. The summed E-state index contributed by atoms with van der Waals surface area (Å²) in [5.41, 5.74) is 1.77. The number of ether oxygens (including phenoxy) is 1. The molecule has 0 aromatic carbocycles. The molecule has 5 heterocycles. The lowest BCUT2D eigenvalue weighted by Crippen LogP contribution is -2.48. The average Bonchev–Trinajstić information content (AvgIpc) is 3.15. The topological polar surface area (TPSA) is 91.4 Å². The summed E-state index contributed by atoms with van der Waals surface area (Å²) in [6.45, 7) is 3.96. The maximum absolute atomic E-state index is 12.0. The number of sulfone groups is 1. The molecule has 0 spiro atoms. The third kappa shape index (κ3) is 2.56. The molecule has 1 N–H and O–H groups in total. The molecular weight excluding hydrogens is 354 g/mol. The molecule has 2 bridgehead atoms. The van der Waals surface area contributed by atoms with E-state index in [1.165, 1.54) is 0 Å². The van der Waals surface area contributed by atoms with Crippen molar-refractivity contribution in [3.05, 3.63) is 12.3 Å². The maximum atomic E-state index is 12.0. The van der Waals surface area contributed by atoms with E-state index >= 15 is 0 Å². The van der Waals surface area contributed by atoms with Gasteiger partial charge in [-0.15, -0.1) is 0 Å². The van der Waals surface area contributed by atoms with E-state index in [1.807, 2.05) is 6.92 Å². The summed E-state index contributed by atoms with van der Waals surface area (Å²) in [5.74, 6) is 1.32. The molecule has 3 unspecified atom stereocenters. The molecule has 3 saturated heterocycles. The standard InChI is InChI=1S/C17H23N5O3S/c1-11-10-26(23,24)5-4-21(11)15-6-16(19-17-14(15)7-18-20-17)22-12-2-3-13(22)9-25-8-12/h6-7,11-13H,2-5,8-10H2,1H3,(H,18,19,20). The number of rotatable bonds is 2. The maximum Gasteiger partial charge on any atom is 0.159 e. The predicted molar refractivity (Wildman–Crippen MR) is 99.5 cm³/mol. The second kappa shape index (κ2) is 5.82. The minimum absolute atomic E-state index is 0.0662. The molecule has 3 aliphatic heterocycles. The van der Waals surface area contributed by atoms with E-state index in [2.05, 4.69) is 26.1 Å². The first kappa shape index (κ1) is 16.3. The van der Waals surface area contributed by atoms with E-state index < -0.39 is 9.84 Å². The van der Waals surface area contributed by atoms with Crippen LogP contribution in [0.2, 0.25) is 0 Å². The number of anilines is 2. The molecule has 140 valence electrons. The zero-order chi connectivity index (χ0) is 17.9. The van der Waals surface area contributed by atoms with Gasteiger partial charge in [-0.3, -0.25) is 5.10 Å². The Labute approximate surface area is 152 Å². The van der Waals surface area contributed by atoms with Crippen molar-refractivity contribution >= 4 is 32.4 Å². The van der Waals surface area contributed by atoms with Crippen molar-refractivity contribution in [3.8, 4) is 0 Å². The van der Waals surface area contributed by atoms with Crippen molar-refractivity contribution in [2.45, 2.75) is 37.9 Å². The Balaban J connectivity index is 1.58. The van der Waals surface area contributed by atoms with Crippen LogP contribution in [-0.2, 0) is 14.6 Å². The Hall–Kier alpha value is -1.87. The molecule has 5 rings (SSSR count). The van der Waals surface area contributed by atoms with Crippen molar-refractivity contribution in [3.63, 3.8) is 0 Å². The summed E-state index contributed by atoms with van der Waals surface area (Å²) >= 11 is 0. The molecule has 0 saturated carbocycles. The van der Waals surface area contributed by atoms with Gasteiger partial charge in [0.25, 0.3) is 0 Å². The average molecular weight is 377 g/mol. The zero-order valence-corrected chi connectivity index (χ0v) is 15.6. The molecule has 0 aliphatic carbocycles. The lowest BCUT2D eigenvalue weighted by Gasteiger charge is -2.38. The fraction of sp³-hybridized carbons (Fsp3) is 0.647. The molecular formula is C17H23N5O3S. The van der Waals surface area contributed by atoms with Gasteiger partial charge in [-0.25, -0.2) is 13.4 Å². The first-order valence-electron chi connectivity index (χ1n) is 9.19. The van der Waals surface area contributed by atoms with E-state index in [1.54, 1.807) is 6.20 Å². The Kier molecular flexibility index (Phi) is 3.65. The monoisotopic (exact) mass is 377 g/mol. The summed E-state index contributed by atoms with van der Waals surface area (Å²) < 4.78 is 29.7. The lowest BCUT2D eigenvalue weighted by molar-refractivity contribution is 0.0902. The van der Waals surface area contributed by atoms with Gasteiger partial charge in [0.05, 0.1) is 54.1 Å². The fourth-order valence-corrected chi connectivity index (χ4v) is 6.18. The van der Waals surface area contributed by atoms with Crippen molar-refractivity contribution in [2.24, 2.45) is 0 Å². The fourth-order valence-electron chi connectivity index (χ4n) is 4.63. The summed E-state index contributed by atoms with van der Waals surface area (Å²) in [7, 11) is -2.96. The summed E-state index contributed by atoms with van der Waals surface area (Å²) in [6.07, 6.45) is 4.04. The molecule has 3 aliphatic rings. The van der Waals surface area contributed by atoms with Crippen LogP contribution >= 0.6 is 0 Å². The highest BCUT2D eigenvalue weighted by Gasteiger charge is 2.39. The predicted octanol–water partition coefficient (Wildman–Crippen LogP) is 0.949. The van der Waals surface area contributed by atoms with Crippen molar-refractivity contribution in [2.75, 3.05) is 41.1 Å². The molecule has 0 amide bonds. The third-order valence-electron chi connectivity index (χ3n) is 5.87. The molecule has 26 heavy (non-hydrogen) atoms. The molecule has 8 nitrogen and oxygen atoms in total. The van der Waals surface area contributed by atoms with Crippen LogP contribution in [-0.4, -0.2) is 73.0 Å². The largest absolute Gasteiger partial charge is 0.377 e. The highest BCUT2D eigenvalue weighted by molar-refractivity contribution is 7.91. The van der Waals surface area contributed by atoms with Gasteiger partial charge < -0.3 is 14.5 Å². The van der Waals surface area contributed by atoms with Gasteiger partial charge in [0.2, 0.25) is 0 Å². The Morgan fingerprint density at radius 2 is 2.04 bits per heavy atom. The van der Waals surface area contributed by atoms with Crippen LogP contribution in [0.1, 0.15) is 19.8 Å². The van der Waals surface area contributed by atoms with Crippen molar-refractivity contribution in [1.29, 1.82) is 0 Å². The Morgan fingerprint density at radius 1 is 1.27 bits per heavy atom. The number of hydrogen-bond donors (Lipinski definition) is 1. The van der Waals surface area contributed by atoms with Gasteiger partial charge >= 0.3 is 0 Å². The van der Waals surface area contributed by atoms with Crippen molar-refractivity contribution < 1.29 is 13.2 Å². The van der Waals surface area contributed by atoms with Crippen LogP contribution in [0.3, 0.4) is 0 Å². The van der Waals surface area contributed by atoms with Gasteiger partial charge in [0.1, 0.15) is 5.82 Å². The van der Waals surface area contributed by atoms with E-state index in [0.717, 1.165) is 48.6 Å². The molecule has 2 aromatic rings. The minimum Gasteiger partial charge on any atom is -0.377 e. The molecule has 9 heteroatoms. The number of nitrogens with one attached hydrogen (secondary N) is 1. The van der Waals surface area contributed by atoms with Crippen molar-refractivity contribution in [1.82, 2.24) is 15.2 Å². The van der Waals surface area contributed by atoms with Gasteiger partial charge in [-0.05, 0) is 19.8 Å². The van der Waals surface area contributed by atoms with E-state index in [4.69, 9.17) is 9.72 Å².